The lowest BCUT2D eigenvalue weighted by molar-refractivity contribution is 1.02. The Hall–Kier alpha value is -1.12. The van der Waals surface area contributed by atoms with E-state index in [9.17, 15) is 0 Å². The number of pyridine rings is 1. The summed E-state index contributed by atoms with van der Waals surface area (Å²) < 4.78 is 0. The van der Waals surface area contributed by atoms with Gasteiger partial charge in [-0.3, -0.25) is 4.98 Å². The molecule has 1 aromatic carbocycles. The molecule has 2 nitrogen and oxygen atoms in total. The van der Waals surface area contributed by atoms with Crippen LogP contribution in [-0.2, 0) is 6.54 Å². The molecule has 0 spiro atoms. The Morgan fingerprint density at radius 2 is 2.14 bits per heavy atom. The van der Waals surface area contributed by atoms with Crippen molar-refractivity contribution in [2.75, 3.05) is 0 Å². The van der Waals surface area contributed by atoms with Gasteiger partial charge in [-0.1, -0.05) is 17.7 Å². The number of aryl methyl sites for hydroxylation is 1. The number of rotatable bonds is 1. The Labute approximate surface area is 87.7 Å². The predicted octanol–water partition coefficient (Wildman–Crippen LogP) is 2.66. The predicted molar refractivity (Wildman–Crippen MR) is 59.4 cm³/mol. The molecule has 0 saturated carbocycles. The van der Waals surface area contributed by atoms with Crippen LogP contribution in [0.3, 0.4) is 0 Å². The van der Waals surface area contributed by atoms with Crippen LogP contribution in [0, 0.1) is 6.92 Å². The van der Waals surface area contributed by atoms with Gasteiger partial charge in [-0.15, -0.1) is 0 Å². The molecule has 0 fully saturated rings. The molecule has 0 aliphatic heterocycles. The number of benzene rings is 1. The first-order valence-electron chi connectivity index (χ1n) is 4.46. The van der Waals surface area contributed by atoms with E-state index in [2.05, 4.69) is 11.1 Å². The van der Waals surface area contributed by atoms with E-state index in [0.29, 0.717) is 11.6 Å². The van der Waals surface area contributed by atoms with Gasteiger partial charge in [-0.2, -0.15) is 0 Å². The minimum atomic E-state index is 0.525. The van der Waals surface area contributed by atoms with Crippen LogP contribution in [0.2, 0.25) is 5.02 Å². The van der Waals surface area contributed by atoms with Gasteiger partial charge in [0, 0.05) is 22.6 Å². The second kappa shape index (κ2) is 3.56. The SMILES string of the molecule is Cc1nc2cc(Cl)ccc2cc1CN. The standard InChI is InChI=1S/C11H11ClN2/c1-7-9(6-13)4-8-2-3-10(12)5-11(8)14-7/h2-5H,6,13H2,1H3. The zero-order chi connectivity index (χ0) is 10.1. The first-order valence-corrected chi connectivity index (χ1v) is 4.84. The van der Waals surface area contributed by atoms with E-state index in [1.54, 1.807) is 0 Å². The highest BCUT2D eigenvalue weighted by Gasteiger charge is 2.01. The highest BCUT2D eigenvalue weighted by Crippen LogP contribution is 2.20. The van der Waals surface area contributed by atoms with Crippen LogP contribution in [0.5, 0.6) is 0 Å². The van der Waals surface area contributed by atoms with E-state index in [4.69, 9.17) is 17.3 Å². The van der Waals surface area contributed by atoms with Gasteiger partial charge in [0.1, 0.15) is 0 Å². The molecular formula is C11H11ClN2. The van der Waals surface area contributed by atoms with Crippen molar-refractivity contribution in [1.29, 1.82) is 0 Å². The highest BCUT2D eigenvalue weighted by atomic mass is 35.5. The largest absolute Gasteiger partial charge is 0.326 e. The molecular weight excluding hydrogens is 196 g/mol. The molecule has 0 atom stereocenters. The van der Waals surface area contributed by atoms with Crippen molar-refractivity contribution in [2.45, 2.75) is 13.5 Å². The summed E-state index contributed by atoms with van der Waals surface area (Å²) >= 11 is 5.88. The van der Waals surface area contributed by atoms with E-state index in [-0.39, 0.29) is 0 Å². The van der Waals surface area contributed by atoms with Crippen molar-refractivity contribution in [2.24, 2.45) is 5.73 Å². The third kappa shape index (κ3) is 1.59. The minimum Gasteiger partial charge on any atom is -0.326 e. The van der Waals surface area contributed by atoms with Crippen LogP contribution in [0.15, 0.2) is 24.3 Å². The van der Waals surface area contributed by atoms with Gasteiger partial charge in [0.05, 0.1) is 5.52 Å². The van der Waals surface area contributed by atoms with Crippen LogP contribution < -0.4 is 5.73 Å². The molecule has 0 bridgehead atoms. The topological polar surface area (TPSA) is 38.9 Å². The number of fused-ring (bicyclic) bond motifs is 1. The quantitative estimate of drug-likeness (QED) is 0.779. The zero-order valence-corrected chi connectivity index (χ0v) is 8.67. The average Bonchev–Trinajstić information content (AvgIpc) is 2.16. The Bertz CT molecular complexity index is 480. The smallest absolute Gasteiger partial charge is 0.0720 e. The van der Waals surface area contributed by atoms with Crippen LogP contribution in [-0.4, -0.2) is 4.98 Å². The van der Waals surface area contributed by atoms with Gasteiger partial charge >= 0.3 is 0 Å². The minimum absolute atomic E-state index is 0.525. The van der Waals surface area contributed by atoms with Gasteiger partial charge < -0.3 is 5.73 Å². The first-order chi connectivity index (χ1) is 6.70. The summed E-state index contributed by atoms with van der Waals surface area (Å²) in [6.07, 6.45) is 0. The summed E-state index contributed by atoms with van der Waals surface area (Å²) in [6, 6.07) is 7.75. The number of hydrogen-bond donors (Lipinski definition) is 1. The third-order valence-corrected chi connectivity index (χ3v) is 2.53. The van der Waals surface area contributed by atoms with E-state index >= 15 is 0 Å². The molecule has 0 unspecified atom stereocenters. The number of aromatic nitrogens is 1. The maximum atomic E-state index is 5.88. The Morgan fingerprint density at radius 1 is 1.36 bits per heavy atom. The fourth-order valence-electron chi connectivity index (χ4n) is 1.49. The normalized spacial score (nSPS) is 10.8. The molecule has 0 aliphatic carbocycles. The molecule has 14 heavy (non-hydrogen) atoms. The fraction of sp³-hybridized carbons (Fsp3) is 0.182. The maximum absolute atomic E-state index is 5.88. The van der Waals surface area contributed by atoms with Gasteiger partial charge in [0.25, 0.3) is 0 Å². The summed E-state index contributed by atoms with van der Waals surface area (Å²) in [7, 11) is 0. The van der Waals surface area contributed by atoms with Crippen molar-refractivity contribution in [3.63, 3.8) is 0 Å². The van der Waals surface area contributed by atoms with E-state index in [1.165, 1.54) is 0 Å². The molecule has 2 aromatic rings. The second-order valence-electron chi connectivity index (χ2n) is 3.27. The Kier molecular flexibility index (Phi) is 2.40. The van der Waals surface area contributed by atoms with Crippen molar-refractivity contribution >= 4 is 22.5 Å². The number of nitrogens with two attached hydrogens (primary N) is 1. The van der Waals surface area contributed by atoms with Crippen LogP contribution >= 0.6 is 11.6 Å². The van der Waals surface area contributed by atoms with E-state index in [0.717, 1.165) is 22.2 Å². The summed E-state index contributed by atoms with van der Waals surface area (Å²) in [6.45, 7) is 2.49. The first kappa shape index (κ1) is 9.44. The monoisotopic (exact) mass is 206 g/mol. The van der Waals surface area contributed by atoms with Gasteiger partial charge in [-0.25, -0.2) is 0 Å². The van der Waals surface area contributed by atoms with Crippen LogP contribution in [0.1, 0.15) is 11.3 Å². The molecule has 0 amide bonds. The van der Waals surface area contributed by atoms with E-state index in [1.807, 2.05) is 25.1 Å². The van der Waals surface area contributed by atoms with Crippen molar-refractivity contribution < 1.29 is 0 Å². The highest BCUT2D eigenvalue weighted by molar-refractivity contribution is 6.31. The van der Waals surface area contributed by atoms with Gasteiger partial charge in [-0.05, 0) is 30.7 Å². The molecule has 2 rings (SSSR count). The molecule has 0 saturated heterocycles. The number of nitrogens with zero attached hydrogens (tertiary/aromatic N) is 1. The van der Waals surface area contributed by atoms with Crippen molar-refractivity contribution in [3.05, 3.63) is 40.5 Å². The molecule has 1 heterocycles. The summed E-state index contributed by atoms with van der Waals surface area (Å²) in [4.78, 5) is 4.44. The molecule has 2 N–H and O–H groups in total. The molecule has 72 valence electrons. The molecule has 0 aliphatic rings. The summed E-state index contributed by atoms with van der Waals surface area (Å²) in [5.41, 5.74) is 8.59. The van der Waals surface area contributed by atoms with Gasteiger partial charge in [0.2, 0.25) is 0 Å². The number of halogens is 1. The van der Waals surface area contributed by atoms with E-state index < -0.39 is 0 Å². The lowest BCUT2D eigenvalue weighted by Crippen LogP contribution is -2.00. The average molecular weight is 207 g/mol. The van der Waals surface area contributed by atoms with Crippen LogP contribution in [0.25, 0.3) is 10.9 Å². The summed E-state index contributed by atoms with van der Waals surface area (Å²) in [5.74, 6) is 0. The molecule has 0 radical (unpaired) electrons. The third-order valence-electron chi connectivity index (χ3n) is 2.30. The summed E-state index contributed by atoms with van der Waals surface area (Å²) in [5, 5.41) is 1.80. The fourth-order valence-corrected chi connectivity index (χ4v) is 1.65. The molecule has 3 heteroatoms. The maximum Gasteiger partial charge on any atom is 0.0720 e. The Balaban J connectivity index is 2.73. The molecule has 1 aromatic heterocycles. The lowest BCUT2D eigenvalue weighted by atomic mass is 10.1. The van der Waals surface area contributed by atoms with Crippen molar-refractivity contribution in [1.82, 2.24) is 4.98 Å². The van der Waals surface area contributed by atoms with Gasteiger partial charge in [0.15, 0.2) is 0 Å². The lowest BCUT2D eigenvalue weighted by Gasteiger charge is -2.05. The Morgan fingerprint density at radius 3 is 2.86 bits per heavy atom. The zero-order valence-electron chi connectivity index (χ0n) is 7.92. The van der Waals surface area contributed by atoms with Crippen molar-refractivity contribution in [3.8, 4) is 0 Å². The van der Waals surface area contributed by atoms with Crippen LogP contribution in [0.4, 0.5) is 0 Å². The second-order valence-corrected chi connectivity index (χ2v) is 3.71. The number of hydrogen-bond acceptors (Lipinski definition) is 2.